The molecule has 0 saturated heterocycles. The Morgan fingerprint density at radius 2 is 2.00 bits per heavy atom. The molecule has 17 heavy (non-hydrogen) atoms. The molecule has 0 bridgehead atoms. The van der Waals surface area contributed by atoms with E-state index in [1.807, 2.05) is 25.3 Å². The monoisotopic (exact) mass is 226 g/mol. The van der Waals surface area contributed by atoms with Crippen LogP contribution in [0.5, 0.6) is 5.75 Å². The van der Waals surface area contributed by atoms with Crippen molar-refractivity contribution in [3.8, 4) is 5.75 Å². The highest BCUT2D eigenvalue weighted by atomic mass is 16.3. The van der Waals surface area contributed by atoms with Crippen LogP contribution in [0, 0.1) is 6.92 Å². The van der Waals surface area contributed by atoms with Gasteiger partial charge in [0, 0.05) is 12.1 Å². The van der Waals surface area contributed by atoms with Gasteiger partial charge in [0.15, 0.2) is 0 Å². The number of benzene rings is 1. The number of phenolic OH excluding ortho intramolecular Hbond substituents is 1. The molecule has 0 saturated carbocycles. The van der Waals surface area contributed by atoms with Crippen molar-refractivity contribution in [2.24, 2.45) is 0 Å². The lowest BCUT2D eigenvalue weighted by Gasteiger charge is -2.17. The van der Waals surface area contributed by atoms with Crippen LogP contribution >= 0.6 is 0 Å². The normalized spacial score (nSPS) is 14.3. The number of hydrogen-bond donors (Lipinski definition) is 1. The first-order chi connectivity index (χ1) is 8.25. The minimum absolute atomic E-state index is 0.301. The summed E-state index contributed by atoms with van der Waals surface area (Å²) < 4.78 is 2.24. The summed E-state index contributed by atoms with van der Waals surface area (Å²) in [5, 5.41) is 9.32. The number of hydrogen-bond acceptors (Lipinski definition) is 2. The molecule has 3 rings (SSSR count). The number of imidazole rings is 1. The van der Waals surface area contributed by atoms with Gasteiger partial charge < -0.3 is 9.67 Å². The fourth-order valence-electron chi connectivity index (χ4n) is 2.31. The molecule has 1 aromatic heterocycles. The van der Waals surface area contributed by atoms with E-state index in [0.29, 0.717) is 5.75 Å². The van der Waals surface area contributed by atoms with E-state index >= 15 is 0 Å². The summed E-state index contributed by atoms with van der Waals surface area (Å²) in [6.07, 6.45) is 5.19. The highest BCUT2D eigenvalue weighted by molar-refractivity contribution is 5.78. The maximum absolute atomic E-state index is 9.32. The molecule has 0 aliphatic carbocycles. The summed E-state index contributed by atoms with van der Waals surface area (Å²) in [6, 6.07) is 7.33. The van der Waals surface area contributed by atoms with E-state index in [2.05, 4.69) is 15.6 Å². The van der Waals surface area contributed by atoms with Crippen LogP contribution in [-0.4, -0.2) is 14.7 Å². The van der Waals surface area contributed by atoms with Crippen molar-refractivity contribution in [1.29, 1.82) is 0 Å². The zero-order valence-electron chi connectivity index (χ0n) is 9.72. The summed E-state index contributed by atoms with van der Waals surface area (Å²) in [5.41, 5.74) is 3.50. The van der Waals surface area contributed by atoms with E-state index < -0.39 is 0 Å². The summed E-state index contributed by atoms with van der Waals surface area (Å²) in [5.74, 6) is 1.36. The molecule has 0 unspecified atom stereocenters. The van der Waals surface area contributed by atoms with E-state index in [1.165, 1.54) is 11.3 Å². The minimum Gasteiger partial charge on any atom is -0.508 e. The largest absolute Gasteiger partial charge is 0.508 e. The smallest absolute Gasteiger partial charge is 0.115 e. The van der Waals surface area contributed by atoms with Crippen molar-refractivity contribution in [3.05, 3.63) is 53.6 Å². The van der Waals surface area contributed by atoms with E-state index in [1.54, 1.807) is 12.1 Å². The first-order valence-electron chi connectivity index (χ1n) is 5.78. The Kier molecular flexibility index (Phi) is 2.25. The molecule has 3 nitrogen and oxygen atoms in total. The summed E-state index contributed by atoms with van der Waals surface area (Å²) in [7, 11) is 0. The third-order valence-electron chi connectivity index (χ3n) is 3.21. The van der Waals surface area contributed by atoms with Gasteiger partial charge in [0.1, 0.15) is 11.6 Å². The molecule has 0 radical (unpaired) electrons. The van der Waals surface area contributed by atoms with Gasteiger partial charge in [-0.1, -0.05) is 18.2 Å². The zero-order valence-corrected chi connectivity index (χ0v) is 9.72. The number of aryl methyl sites for hydroxylation is 1. The Balaban J connectivity index is 2.09. The third kappa shape index (κ3) is 1.64. The second-order valence-corrected chi connectivity index (χ2v) is 4.30. The molecule has 0 atom stereocenters. The van der Waals surface area contributed by atoms with E-state index in [4.69, 9.17) is 0 Å². The number of nitrogens with zero attached hydrogens (tertiary/aromatic N) is 2. The highest BCUT2D eigenvalue weighted by Gasteiger charge is 2.16. The molecule has 2 heterocycles. The van der Waals surface area contributed by atoms with E-state index in [0.717, 1.165) is 24.4 Å². The maximum Gasteiger partial charge on any atom is 0.115 e. The zero-order chi connectivity index (χ0) is 11.8. The number of aromatic hydroxyl groups is 1. The van der Waals surface area contributed by atoms with Crippen LogP contribution in [0.1, 0.15) is 23.5 Å². The summed E-state index contributed by atoms with van der Waals surface area (Å²) in [4.78, 5) is 4.36. The Morgan fingerprint density at radius 1 is 1.24 bits per heavy atom. The SMILES string of the molecule is Cc1ncc2n1CCC=C2c1ccc(O)cc1. The van der Waals surface area contributed by atoms with Gasteiger partial charge in [-0.05, 0) is 31.0 Å². The fourth-order valence-corrected chi connectivity index (χ4v) is 2.31. The Labute approximate surface area is 100 Å². The fraction of sp³-hybridized carbons (Fsp3) is 0.214. The Hall–Kier alpha value is -2.03. The molecule has 3 heteroatoms. The lowest BCUT2D eigenvalue weighted by Crippen LogP contribution is -2.09. The molecule has 1 aromatic carbocycles. The van der Waals surface area contributed by atoms with Gasteiger partial charge in [-0.15, -0.1) is 0 Å². The van der Waals surface area contributed by atoms with Crippen molar-refractivity contribution in [2.45, 2.75) is 19.9 Å². The average molecular weight is 226 g/mol. The lowest BCUT2D eigenvalue weighted by atomic mass is 9.99. The number of allylic oxidation sites excluding steroid dienone is 1. The van der Waals surface area contributed by atoms with Crippen LogP contribution in [0.4, 0.5) is 0 Å². The summed E-state index contributed by atoms with van der Waals surface area (Å²) >= 11 is 0. The predicted octanol–water partition coefficient (Wildman–Crippen LogP) is 2.73. The standard InChI is InChI=1S/C14H14N2O/c1-10-15-9-14-13(3-2-8-16(10)14)11-4-6-12(17)7-5-11/h3-7,9,17H,2,8H2,1H3. The molecule has 1 N–H and O–H groups in total. The third-order valence-corrected chi connectivity index (χ3v) is 3.21. The molecule has 0 amide bonds. The second kappa shape index (κ2) is 3.77. The molecule has 2 aromatic rings. The predicted molar refractivity (Wildman–Crippen MR) is 66.8 cm³/mol. The topological polar surface area (TPSA) is 38.0 Å². The van der Waals surface area contributed by atoms with Crippen LogP contribution < -0.4 is 0 Å². The Bertz CT molecular complexity index is 579. The van der Waals surface area contributed by atoms with Crippen molar-refractivity contribution in [3.63, 3.8) is 0 Å². The van der Waals surface area contributed by atoms with Crippen LogP contribution in [0.3, 0.4) is 0 Å². The van der Waals surface area contributed by atoms with Crippen molar-refractivity contribution >= 4 is 5.57 Å². The first kappa shape index (κ1) is 10.1. The number of phenols is 1. The van der Waals surface area contributed by atoms with Crippen LogP contribution in [0.2, 0.25) is 0 Å². The lowest BCUT2D eigenvalue weighted by molar-refractivity contribution is 0.475. The second-order valence-electron chi connectivity index (χ2n) is 4.30. The molecule has 1 aliphatic rings. The average Bonchev–Trinajstić information content (AvgIpc) is 2.73. The number of rotatable bonds is 1. The van der Waals surface area contributed by atoms with Crippen LogP contribution in [-0.2, 0) is 6.54 Å². The van der Waals surface area contributed by atoms with Gasteiger partial charge in [-0.2, -0.15) is 0 Å². The number of fused-ring (bicyclic) bond motifs is 1. The Morgan fingerprint density at radius 3 is 2.76 bits per heavy atom. The number of aromatic nitrogens is 2. The van der Waals surface area contributed by atoms with Crippen molar-refractivity contribution in [2.75, 3.05) is 0 Å². The molecule has 1 aliphatic heterocycles. The summed E-state index contributed by atoms with van der Waals surface area (Å²) in [6.45, 7) is 3.03. The maximum atomic E-state index is 9.32. The van der Waals surface area contributed by atoms with Gasteiger partial charge in [0.2, 0.25) is 0 Å². The molecule has 0 fully saturated rings. The van der Waals surface area contributed by atoms with E-state index in [9.17, 15) is 5.11 Å². The van der Waals surface area contributed by atoms with E-state index in [-0.39, 0.29) is 0 Å². The quantitative estimate of drug-likeness (QED) is 0.812. The molecular formula is C14H14N2O. The van der Waals surface area contributed by atoms with Crippen molar-refractivity contribution in [1.82, 2.24) is 9.55 Å². The van der Waals surface area contributed by atoms with Gasteiger partial charge in [-0.25, -0.2) is 4.98 Å². The van der Waals surface area contributed by atoms with Crippen LogP contribution in [0.15, 0.2) is 36.5 Å². The minimum atomic E-state index is 0.301. The highest BCUT2D eigenvalue weighted by Crippen LogP contribution is 2.29. The van der Waals surface area contributed by atoms with Gasteiger partial charge in [-0.3, -0.25) is 0 Å². The molecule has 86 valence electrons. The molecular weight excluding hydrogens is 212 g/mol. The molecule has 0 spiro atoms. The van der Waals surface area contributed by atoms with Crippen molar-refractivity contribution < 1.29 is 5.11 Å². The van der Waals surface area contributed by atoms with Gasteiger partial charge in [0.05, 0.1) is 11.9 Å². The van der Waals surface area contributed by atoms with Gasteiger partial charge >= 0.3 is 0 Å². The van der Waals surface area contributed by atoms with Gasteiger partial charge in [0.25, 0.3) is 0 Å². The first-order valence-corrected chi connectivity index (χ1v) is 5.78. The van der Waals surface area contributed by atoms with Crippen LogP contribution in [0.25, 0.3) is 5.57 Å².